The molecule has 1 aromatic rings. The van der Waals surface area contributed by atoms with Crippen LogP contribution in [0, 0.1) is 11.8 Å². The highest BCUT2D eigenvalue weighted by Crippen LogP contribution is 2.30. The molecule has 0 bridgehead atoms. The van der Waals surface area contributed by atoms with Gasteiger partial charge in [0.1, 0.15) is 12.0 Å². The van der Waals surface area contributed by atoms with Crippen molar-refractivity contribution >= 4 is 5.91 Å². The van der Waals surface area contributed by atoms with Gasteiger partial charge in [-0.05, 0) is 30.7 Å². The molecule has 0 radical (unpaired) electrons. The molecule has 3 N–H and O–H groups in total. The summed E-state index contributed by atoms with van der Waals surface area (Å²) in [6.45, 7) is 4.85. The molecule has 1 heterocycles. The Balaban J connectivity index is 1.91. The third kappa shape index (κ3) is 3.60. The number of hydrogen-bond acceptors (Lipinski definition) is 3. The zero-order valence-electron chi connectivity index (χ0n) is 11.8. The monoisotopic (exact) mass is 264 g/mol. The van der Waals surface area contributed by atoms with Gasteiger partial charge in [0.15, 0.2) is 0 Å². The van der Waals surface area contributed by atoms with Crippen LogP contribution in [-0.4, -0.2) is 11.9 Å². The second-order valence-corrected chi connectivity index (χ2v) is 5.85. The lowest BCUT2D eigenvalue weighted by molar-refractivity contribution is 0.0912. The van der Waals surface area contributed by atoms with E-state index in [0.29, 0.717) is 29.8 Å². The first-order valence-corrected chi connectivity index (χ1v) is 7.18. The van der Waals surface area contributed by atoms with Gasteiger partial charge in [0.05, 0.1) is 12.1 Å². The zero-order valence-corrected chi connectivity index (χ0v) is 11.8. The van der Waals surface area contributed by atoms with Crippen LogP contribution in [-0.2, 0) is 6.54 Å². The molecule has 0 saturated heterocycles. The van der Waals surface area contributed by atoms with Crippen molar-refractivity contribution in [1.29, 1.82) is 0 Å². The lowest BCUT2D eigenvalue weighted by atomic mass is 9.79. The summed E-state index contributed by atoms with van der Waals surface area (Å²) in [4.78, 5) is 12.1. The van der Waals surface area contributed by atoms with Gasteiger partial charge < -0.3 is 15.5 Å². The number of nitrogens with two attached hydrogens (primary N) is 1. The number of hydrogen-bond donors (Lipinski definition) is 2. The topological polar surface area (TPSA) is 68.3 Å². The fourth-order valence-corrected chi connectivity index (χ4v) is 2.84. The summed E-state index contributed by atoms with van der Waals surface area (Å²) in [5.74, 6) is 2.02. The molecule has 1 aliphatic carbocycles. The Morgan fingerprint density at radius 1 is 1.53 bits per heavy atom. The van der Waals surface area contributed by atoms with Gasteiger partial charge in [0.2, 0.25) is 0 Å². The quantitative estimate of drug-likeness (QED) is 0.878. The fraction of sp³-hybridized carbons (Fsp3) is 0.667. The van der Waals surface area contributed by atoms with Gasteiger partial charge in [0.25, 0.3) is 5.91 Å². The zero-order chi connectivity index (χ0) is 13.8. The second kappa shape index (κ2) is 6.24. The van der Waals surface area contributed by atoms with Gasteiger partial charge in [-0.1, -0.05) is 26.7 Å². The Hall–Kier alpha value is -1.29. The summed E-state index contributed by atoms with van der Waals surface area (Å²) in [5.41, 5.74) is 6.05. The van der Waals surface area contributed by atoms with Crippen LogP contribution in [0.2, 0.25) is 0 Å². The largest absolute Gasteiger partial charge is 0.467 e. The van der Waals surface area contributed by atoms with Crippen LogP contribution >= 0.6 is 0 Å². The molecule has 1 aliphatic rings. The van der Waals surface area contributed by atoms with E-state index in [1.807, 2.05) is 0 Å². The normalized spacial score (nSPS) is 23.6. The molecule has 2 unspecified atom stereocenters. The predicted octanol–water partition coefficient (Wildman–Crippen LogP) is 2.68. The minimum absolute atomic E-state index is 0.0437. The molecule has 2 atom stereocenters. The van der Waals surface area contributed by atoms with E-state index in [2.05, 4.69) is 19.2 Å². The maximum Gasteiger partial charge on any atom is 0.254 e. The molecule has 19 heavy (non-hydrogen) atoms. The first-order valence-electron chi connectivity index (χ1n) is 7.18. The third-order valence-corrected chi connectivity index (χ3v) is 4.11. The molecule has 0 aromatic carbocycles. The average Bonchev–Trinajstić information content (AvgIpc) is 2.88. The summed E-state index contributed by atoms with van der Waals surface area (Å²) in [5, 5.41) is 3.12. The first-order chi connectivity index (χ1) is 9.10. The Morgan fingerprint density at radius 2 is 2.32 bits per heavy atom. The highest BCUT2D eigenvalue weighted by molar-refractivity contribution is 5.94. The molecule has 106 valence electrons. The molecule has 0 aliphatic heterocycles. The molecule has 1 saturated carbocycles. The van der Waals surface area contributed by atoms with Gasteiger partial charge in [0, 0.05) is 6.04 Å². The Morgan fingerprint density at radius 3 is 2.95 bits per heavy atom. The van der Waals surface area contributed by atoms with E-state index in [4.69, 9.17) is 10.2 Å². The summed E-state index contributed by atoms with van der Waals surface area (Å²) < 4.78 is 5.20. The summed E-state index contributed by atoms with van der Waals surface area (Å²) in [6, 6.07) is 2.02. The van der Waals surface area contributed by atoms with Crippen molar-refractivity contribution < 1.29 is 9.21 Å². The van der Waals surface area contributed by atoms with E-state index in [1.165, 1.54) is 19.1 Å². The third-order valence-electron chi connectivity index (χ3n) is 4.11. The minimum Gasteiger partial charge on any atom is -0.467 e. The van der Waals surface area contributed by atoms with Crippen LogP contribution in [0.25, 0.3) is 0 Å². The molecule has 4 nitrogen and oxygen atoms in total. The lowest BCUT2D eigenvalue weighted by Gasteiger charge is -2.32. The number of amides is 1. The highest BCUT2D eigenvalue weighted by Gasteiger charge is 2.25. The Bertz CT molecular complexity index is 426. The van der Waals surface area contributed by atoms with E-state index in [9.17, 15) is 4.79 Å². The first kappa shape index (κ1) is 14.1. The van der Waals surface area contributed by atoms with Crippen molar-refractivity contribution in [3.05, 3.63) is 23.7 Å². The smallest absolute Gasteiger partial charge is 0.254 e. The molecule has 4 heteroatoms. The number of furan rings is 1. The van der Waals surface area contributed by atoms with Crippen LogP contribution in [0.15, 0.2) is 16.7 Å². The van der Waals surface area contributed by atoms with Crippen LogP contribution < -0.4 is 11.1 Å². The lowest BCUT2D eigenvalue weighted by Crippen LogP contribution is -2.39. The summed E-state index contributed by atoms with van der Waals surface area (Å²) in [7, 11) is 0. The van der Waals surface area contributed by atoms with Crippen LogP contribution in [0.4, 0.5) is 0 Å². The maximum absolute atomic E-state index is 12.1. The van der Waals surface area contributed by atoms with Gasteiger partial charge in [-0.15, -0.1) is 0 Å². The number of rotatable bonds is 4. The SMILES string of the molecule is CC(C)C1CCCC(NC(=O)c2coc(CN)c2)C1. The van der Waals surface area contributed by atoms with E-state index in [-0.39, 0.29) is 5.91 Å². The van der Waals surface area contributed by atoms with Gasteiger partial charge >= 0.3 is 0 Å². The van der Waals surface area contributed by atoms with Crippen molar-refractivity contribution in [3.63, 3.8) is 0 Å². The molecule has 1 fully saturated rings. The van der Waals surface area contributed by atoms with Crippen LogP contribution in [0.1, 0.15) is 55.6 Å². The standard InChI is InChI=1S/C15H24N2O2/c1-10(2)11-4-3-5-13(6-11)17-15(18)12-7-14(8-16)19-9-12/h7,9-11,13H,3-6,8,16H2,1-2H3,(H,17,18). The molecular weight excluding hydrogens is 240 g/mol. The Kier molecular flexibility index (Phi) is 4.64. The average molecular weight is 264 g/mol. The van der Waals surface area contributed by atoms with Gasteiger partial charge in [-0.25, -0.2) is 0 Å². The minimum atomic E-state index is -0.0437. The van der Waals surface area contributed by atoms with Crippen LogP contribution in [0.5, 0.6) is 0 Å². The molecule has 0 spiro atoms. The van der Waals surface area contributed by atoms with Crippen molar-refractivity contribution in [2.45, 2.75) is 52.1 Å². The number of carbonyl (C=O) groups excluding carboxylic acids is 1. The van der Waals surface area contributed by atoms with Crippen molar-refractivity contribution in [1.82, 2.24) is 5.32 Å². The maximum atomic E-state index is 12.1. The van der Waals surface area contributed by atoms with E-state index in [1.54, 1.807) is 6.07 Å². The van der Waals surface area contributed by atoms with E-state index in [0.717, 1.165) is 18.8 Å². The summed E-state index contributed by atoms with van der Waals surface area (Å²) >= 11 is 0. The van der Waals surface area contributed by atoms with Crippen molar-refractivity contribution in [3.8, 4) is 0 Å². The highest BCUT2D eigenvalue weighted by atomic mass is 16.3. The van der Waals surface area contributed by atoms with Crippen molar-refractivity contribution in [2.75, 3.05) is 0 Å². The molecule has 2 rings (SSSR count). The van der Waals surface area contributed by atoms with E-state index < -0.39 is 0 Å². The second-order valence-electron chi connectivity index (χ2n) is 5.85. The van der Waals surface area contributed by atoms with Crippen molar-refractivity contribution in [2.24, 2.45) is 17.6 Å². The van der Waals surface area contributed by atoms with Crippen LogP contribution in [0.3, 0.4) is 0 Å². The molecule has 1 aromatic heterocycles. The fourth-order valence-electron chi connectivity index (χ4n) is 2.84. The van der Waals surface area contributed by atoms with E-state index >= 15 is 0 Å². The molecular formula is C15H24N2O2. The molecule has 1 amide bonds. The number of carbonyl (C=O) groups is 1. The predicted molar refractivity (Wildman–Crippen MR) is 74.6 cm³/mol. The summed E-state index contributed by atoms with van der Waals surface area (Å²) in [6.07, 6.45) is 6.14. The number of nitrogens with one attached hydrogen (secondary N) is 1. The van der Waals surface area contributed by atoms with Gasteiger partial charge in [-0.3, -0.25) is 4.79 Å². The van der Waals surface area contributed by atoms with Gasteiger partial charge in [-0.2, -0.15) is 0 Å². The Labute approximate surface area is 114 Å².